The van der Waals surface area contributed by atoms with Gasteiger partial charge in [-0.05, 0) is 30.3 Å². The first-order valence-corrected chi connectivity index (χ1v) is 10.6. The van der Waals surface area contributed by atoms with Crippen LogP contribution in [0.3, 0.4) is 0 Å². The lowest BCUT2D eigenvalue weighted by Crippen LogP contribution is -2.23. The molecule has 0 aliphatic carbocycles. The smallest absolute Gasteiger partial charge is 0.240 e. The molecule has 1 aromatic heterocycles. The van der Waals surface area contributed by atoms with Crippen LogP contribution in [0.4, 0.5) is 8.78 Å². The van der Waals surface area contributed by atoms with Crippen LogP contribution in [-0.4, -0.2) is 18.2 Å². The van der Waals surface area contributed by atoms with Crippen LogP contribution >= 0.6 is 0 Å². The second kappa shape index (κ2) is 8.17. The largest absolute Gasteiger partial charge is 0.240 e. The van der Waals surface area contributed by atoms with Gasteiger partial charge in [0.25, 0.3) is 0 Å². The highest BCUT2D eigenvalue weighted by Crippen LogP contribution is 2.24. The van der Waals surface area contributed by atoms with Gasteiger partial charge in [0.2, 0.25) is 10.0 Å². The maximum Gasteiger partial charge on any atom is 0.240 e. The fraction of sp³-hybridized carbons (Fsp3) is 0.0455. The van der Waals surface area contributed by atoms with Crippen molar-refractivity contribution in [3.05, 3.63) is 102 Å². The van der Waals surface area contributed by atoms with Crippen molar-refractivity contribution in [3.8, 4) is 16.9 Å². The molecule has 0 saturated heterocycles. The van der Waals surface area contributed by atoms with Gasteiger partial charge in [-0.15, -0.1) is 0 Å². The fourth-order valence-electron chi connectivity index (χ4n) is 2.99. The minimum absolute atomic E-state index is 0.0710. The molecule has 0 fully saturated rings. The van der Waals surface area contributed by atoms with E-state index in [9.17, 15) is 17.2 Å². The zero-order chi connectivity index (χ0) is 21.1. The Morgan fingerprint density at radius 1 is 0.867 bits per heavy atom. The summed E-state index contributed by atoms with van der Waals surface area (Å²) in [5, 5.41) is 4.62. The van der Waals surface area contributed by atoms with Crippen molar-refractivity contribution in [2.24, 2.45) is 0 Å². The number of benzene rings is 3. The standard InChI is InChI=1S/C22H17F2N3O2S/c23-20-12-11-19(13-21(20)24)30(28,29)25-14-17-15-27(18-9-5-2-6-10-18)26-22(17)16-7-3-1-4-8-16/h1-13,15,25H,14H2. The molecule has 0 atom stereocenters. The summed E-state index contributed by atoms with van der Waals surface area (Å²) in [6.07, 6.45) is 1.74. The van der Waals surface area contributed by atoms with Gasteiger partial charge in [-0.2, -0.15) is 5.10 Å². The van der Waals surface area contributed by atoms with Crippen LogP contribution in [0.2, 0.25) is 0 Å². The zero-order valence-corrected chi connectivity index (χ0v) is 16.5. The van der Waals surface area contributed by atoms with E-state index in [4.69, 9.17) is 0 Å². The third-order valence-corrected chi connectivity index (χ3v) is 5.91. The van der Waals surface area contributed by atoms with Gasteiger partial charge in [0.15, 0.2) is 11.6 Å². The second-order valence-corrected chi connectivity index (χ2v) is 8.32. The van der Waals surface area contributed by atoms with E-state index >= 15 is 0 Å². The number of nitrogens with zero attached hydrogens (tertiary/aromatic N) is 2. The lowest BCUT2D eigenvalue weighted by Gasteiger charge is -2.07. The molecule has 152 valence electrons. The van der Waals surface area contributed by atoms with E-state index < -0.39 is 21.7 Å². The predicted octanol–water partition coefficient (Wildman–Crippen LogP) is 4.30. The van der Waals surface area contributed by atoms with Gasteiger partial charge in [0.1, 0.15) is 0 Å². The third kappa shape index (κ3) is 4.14. The Balaban J connectivity index is 1.67. The molecule has 0 radical (unpaired) electrons. The molecule has 0 unspecified atom stereocenters. The van der Waals surface area contributed by atoms with E-state index in [2.05, 4.69) is 9.82 Å². The average Bonchev–Trinajstić information content (AvgIpc) is 3.20. The molecule has 5 nitrogen and oxygen atoms in total. The number of aromatic nitrogens is 2. The number of hydrogen-bond donors (Lipinski definition) is 1. The average molecular weight is 425 g/mol. The summed E-state index contributed by atoms with van der Waals surface area (Å²) in [7, 11) is -4.05. The third-order valence-electron chi connectivity index (χ3n) is 4.51. The molecule has 1 heterocycles. The first-order valence-electron chi connectivity index (χ1n) is 9.08. The number of hydrogen-bond acceptors (Lipinski definition) is 3. The summed E-state index contributed by atoms with van der Waals surface area (Å²) in [6, 6.07) is 21.3. The Morgan fingerprint density at radius 3 is 2.20 bits per heavy atom. The van der Waals surface area contributed by atoms with Crippen molar-refractivity contribution in [3.63, 3.8) is 0 Å². The van der Waals surface area contributed by atoms with E-state index in [0.29, 0.717) is 17.3 Å². The van der Waals surface area contributed by atoms with Gasteiger partial charge >= 0.3 is 0 Å². The maximum absolute atomic E-state index is 13.5. The molecule has 0 amide bonds. The van der Waals surface area contributed by atoms with Crippen molar-refractivity contribution in [2.45, 2.75) is 11.4 Å². The normalized spacial score (nSPS) is 11.5. The number of rotatable bonds is 6. The summed E-state index contributed by atoms with van der Waals surface area (Å²) in [5.41, 5.74) is 2.90. The molecule has 0 bridgehead atoms. The molecule has 4 rings (SSSR count). The molecule has 3 aromatic carbocycles. The molecule has 8 heteroatoms. The van der Waals surface area contributed by atoms with Gasteiger partial charge < -0.3 is 0 Å². The number of nitrogens with one attached hydrogen (secondary N) is 1. The van der Waals surface area contributed by atoms with Crippen LogP contribution in [-0.2, 0) is 16.6 Å². The van der Waals surface area contributed by atoms with Crippen LogP contribution in [0.15, 0.2) is 90.0 Å². The van der Waals surface area contributed by atoms with Crippen molar-refractivity contribution < 1.29 is 17.2 Å². The van der Waals surface area contributed by atoms with E-state index in [1.54, 1.807) is 10.9 Å². The predicted molar refractivity (Wildman–Crippen MR) is 109 cm³/mol. The maximum atomic E-state index is 13.5. The van der Waals surface area contributed by atoms with Gasteiger partial charge in [-0.25, -0.2) is 26.6 Å². The van der Waals surface area contributed by atoms with Crippen LogP contribution in [0.1, 0.15) is 5.56 Å². The summed E-state index contributed by atoms with van der Waals surface area (Å²) in [5.74, 6) is -2.33. The topological polar surface area (TPSA) is 64.0 Å². The minimum Gasteiger partial charge on any atom is -0.240 e. The highest BCUT2D eigenvalue weighted by molar-refractivity contribution is 7.89. The van der Waals surface area contributed by atoms with Crippen molar-refractivity contribution in [1.29, 1.82) is 0 Å². The summed E-state index contributed by atoms with van der Waals surface area (Å²) < 4.78 is 55.9. The highest BCUT2D eigenvalue weighted by Gasteiger charge is 2.19. The van der Waals surface area contributed by atoms with E-state index in [0.717, 1.165) is 23.4 Å². The molecule has 30 heavy (non-hydrogen) atoms. The lowest BCUT2D eigenvalue weighted by atomic mass is 10.1. The van der Waals surface area contributed by atoms with Crippen LogP contribution < -0.4 is 4.72 Å². The van der Waals surface area contributed by atoms with Gasteiger partial charge in [-0.1, -0.05) is 48.5 Å². The monoisotopic (exact) mass is 425 g/mol. The molecular formula is C22H17F2N3O2S. The van der Waals surface area contributed by atoms with E-state index in [1.165, 1.54) is 0 Å². The van der Waals surface area contributed by atoms with Crippen molar-refractivity contribution in [2.75, 3.05) is 0 Å². The Labute approximate surface area is 172 Å². The molecule has 1 N–H and O–H groups in total. The molecule has 0 spiro atoms. The van der Waals surface area contributed by atoms with Crippen molar-refractivity contribution in [1.82, 2.24) is 14.5 Å². The van der Waals surface area contributed by atoms with Gasteiger partial charge in [0, 0.05) is 23.9 Å². The fourth-order valence-corrected chi connectivity index (χ4v) is 4.01. The van der Waals surface area contributed by atoms with Gasteiger partial charge in [0.05, 0.1) is 16.3 Å². The van der Waals surface area contributed by atoms with Crippen LogP contribution in [0.25, 0.3) is 16.9 Å². The molecule has 0 aliphatic rings. The van der Waals surface area contributed by atoms with Crippen LogP contribution in [0.5, 0.6) is 0 Å². The Bertz CT molecular complexity index is 1270. The second-order valence-electron chi connectivity index (χ2n) is 6.55. The summed E-state index contributed by atoms with van der Waals surface area (Å²) in [6.45, 7) is -0.0710. The molecule has 0 aliphatic heterocycles. The summed E-state index contributed by atoms with van der Waals surface area (Å²) in [4.78, 5) is -0.349. The van der Waals surface area contributed by atoms with E-state index in [1.807, 2.05) is 60.7 Å². The number of halogens is 2. The Hall–Kier alpha value is -3.36. The number of sulfonamides is 1. The van der Waals surface area contributed by atoms with E-state index in [-0.39, 0.29) is 11.4 Å². The first kappa shape index (κ1) is 19.9. The molecular weight excluding hydrogens is 408 g/mol. The SMILES string of the molecule is O=S(=O)(NCc1cn(-c2ccccc2)nc1-c1ccccc1)c1ccc(F)c(F)c1. The molecule has 0 saturated carbocycles. The van der Waals surface area contributed by atoms with Gasteiger partial charge in [-0.3, -0.25) is 0 Å². The van der Waals surface area contributed by atoms with Crippen LogP contribution in [0, 0.1) is 11.6 Å². The summed E-state index contributed by atoms with van der Waals surface area (Å²) >= 11 is 0. The number of para-hydroxylation sites is 1. The minimum atomic E-state index is -4.05. The Kier molecular flexibility index (Phi) is 5.43. The Morgan fingerprint density at radius 2 is 1.53 bits per heavy atom. The van der Waals surface area contributed by atoms with Crippen molar-refractivity contribution >= 4 is 10.0 Å². The lowest BCUT2D eigenvalue weighted by molar-refractivity contribution is 0.504. The first-order chi connectivity index (χ1) is 14.4. The quantitative estimate of drug-likeness (QED) is 0.501. The molecule has 4 aromatic rings. The zero-order valence-electron chi connectivity index (χ0n) is 15.7. The highest BCUT2D eigenvalue weighted by atomic mass is 32.2.